The minimum atomic E-state index is -3.14. The monoisotopic (exact) mass is 356 g/mol. The van der Waals surface area contributed by atoms with Crippen LogP contribution < -0.4 is 5.32 Å². The molecular formula is C20H24N2O2S. The molecule has 4 rings (SSSR count). The van der Waals surface area contributed by atoms with Gasteiger partial charge in [0.25, 0.3) is 0 Å². The van der Waals surface area contributed by atoms with Crippen LogP contribution in [0, 0.1) is 0 Å². The summed E-state index contributed by atoms with van der Waals surface area (Å²) in [6.07, 6.45) is 4.27. The molecule has 2 heterocycles. The molecule has 0 aromatic heterocycles. The smallest absolute Gasteiger partial charge is 0.175 e. The summed E-state index contributed by atoms with van der Waals surface area (Å²) in [6.45, 7) is 3.95. The molecule has 0 saturated carbocycles. The van der Waals surface area contributed by atoms with Crippen LogP contribution in [0.25, 0.3) is 0 Å². The van der Waals surface area contributed by atoms with Crippen molar-refractivity contribution in [1.29, 1.82) is 0 Å². The SMILES string of the molecule is CS(=O)(=O)c1ccc2c(c1)CCN(Cc1cccc3c1NCC3)CC2. The van der Waals surface area contributed by atoms with Crippen LogP contribution in [0.1, 0.15) is 22.3 Å². The Bertz CT molecular complexity index is 906. The Morgan fingerprint density at radius 1 is 1.00 bits per heavy atom. The highest BCUT2D eigenvalue weighted by Gasteiger charge is 2.19. The zero-order valence-electron chi connectivity index (χ0n) is 14.6. The van der Waals surface area contributed by atoms with Crippen LogP contribution >= 0.6 is 0 Å². The van der Waals surface area contributed by atoms with Crippen LogP contribution in [0.2, 0.25) is 0 Å². The van der Waals surface area contributed by atoms with Crippen molar-refractivity contribution in [3.05, 3.63) is 58.7 Å². The molecule has 132 valence electrons. The summed E-state index contributed by atoms with van der Waals surface area (Å²) in [4.78, 5) is 2.92. The number of nitrogens with zero attached hydrogens (tertiary/aromatic N) is 1. The second-order valence-corrected chi connectivity index (χ2v) is 9.12. The van der Waals surface area contributed by atoms with E-state index in [4.69, 9.17) is 0 Å². The Hall–Kier alpha value is -1.85. The van der Waals surface area contributed by atoms with Gasteiger partial charge in [-0.15, -0.1) is 0 Å². The minimum absolute atomic E-state index is 0.435. The average Bonchev–Trinajstić information content (AvgIpc) is 2.97. The highest BCUT2D eigenvalue weighted by atomic mass is 32.2. The number of benzene rings is 2. The topological polar surface area (TPSA) is 49.4 Å². The van der Waals surface area contributed by atoms with Crippen LogP contribution in [0.15, 0.2) is 41.3 Å². The Morgan fingerprint density at radius 2 is 1.80 bits per heavy atom. The highest BCUT2D eigenvalue weighted by molar-refractivity contribution is 7.90. The molecule has 0 amide bonds. The van der Waals surface area contributed by atoms with Crippen molar-refractivity contribution < 1.29 is 8.42 Å². The second kappa shape index (κ2) is 6.46. The fraction of sp³-hybridized carbons (Fsp3) is 0.400. The summed E-state index contributed by atoms with van der Waals surface area (Å²) >= 11 is 0. The van der Waals surface area contributed by atoms with Gasteiger partial charge in [-0.1, -0.05) is 24.3 Å². The molecule has 0 spiro atoms. The van der Waals surface area contributed by atoms with Gasteiger partial charge in [-0.05, 0) is 53.6 Å². The number of sulfone groups is 1. The Balaban J connectivity index is 1.52. The van der Waals surface area contributed by atoms with Crippen molar-refractivity contribution in [2.24, 2.45) is 0 Å². The van der Waals surface area contributed by atoms with E-state index < -0.39 is 9.84 Å². The predicted octanol–water partition coefficient (Wildman–Crippen LogP) is 2.66. The van der Waals surface area contributed by atoms with Gasteiger partial charge in [0, 0.05) is 38.1 Å². The standard InChI is InChI=1S/C20H24N2O2S/c1-25(23,24)19-6-5-15-8-11-22(12-9-17(15)13-19)14-18-4-2-3-16-7-10-21-20(16)18/h2-6,13,21H,7-12,14H2,1H3. The normalized spacial score (nSPS) is 17.5. The fourth-order valence-electron chi connectivity index (χ4n) is 3.92. The van der Waals surface area contributed by atoms with Crippen LogP contribution in [-0.4, -0.2) is 39.2 Å². The molecule has 2 aliphatic heterocycles. The van der Waals surface area contributed by atoms with Crippen LogP contribution in [0.5, 0.6) is 0 Å². The molecule has 0 radical (unpaired) electrons. The van der Waals surface area contributed by atoms with E-state index in [0.717, 1.165) is 45.4 Å². The lowest BCUT2D eigenvalue weighted by Crippen LogP contribution is -2.26. The summed E-state index contributed by atoms with van der Waals surface area (Å²) in [5.74, 6) is 0. The number of hydrogen-bond acceptors (Lipinski definition) is 4. The molecule has 2 aromatic carbocycles. The van der Waals surface area contributed by atoms with E-state index in [0.29, 0.717) is 4.90 Å². The van der Waals surface area contributed by atoms with Gasteiger partial charge in [0.05, 0.1) is 4.90 Å². The molecule has 2 aliphatic rings. The van der Waals surface area contributed by atoms with Crippen LogP contribution in [0.4, 0.5) is 5.69 Å². The van der Waals surface area contributed by atoms with E-state index in [9.17, 15) is 8.42 Å². The molecule has 5 heteroatoms. The summed E-state index contributed by atoms with van der Waals surface area (Å²) in [5, 5.41) is 3.52. The van der Waals surface area contributed by atoms with Gasteiger partial charge in [-0.2, -0.15) is 0 Å². The van der Waals surface area contributed by atoms with Gasteiger partial charge in [-0.25, -0.2) is 8.42 Å². The number of hydrogen-bond donors (Lipinski definition) is 1. The molecule has 0 unspecified atom stereocenters. The third kappa shape index (κ3) is 3.44. The zero-order valence-corrected chi connectivity index (χ0v) is 15.4. The van der Waals surface area contributed by atoms with Crippen molar-refractivity contribution in [3.63, 3.8) is 0 Å². The molecule has 0 fully saturated rings. The lowest BCUT2D eigenvalue weighted by molar-refractivity contribution is 0.279. The summed E-state index contributed by atoms with van der Waals surface area (Å²) in [7, 11) is -3.14. The Kier molecular flexibility index (Phi) is 4.29. The lowest BCUT2D eigenvalue weighted by Gasteiger charge is -2.21. The second-order valence-electron chi connectivity index (χ2n) is 7.11. The predicted molar refractivity (Wildman–Crippen MR) is 101 cm³/mol. The first-order valence-electron chi connectivity index (χ1n) is 8.89. The van der Waals surface area contributed by atoms with Gasteiger partial charge < -0.3 is 5.32 Å². The Morgan fingerprint density at radius 3 is 2.60 bits per heavy atom. The van der Waals surface area contributed by atoms with E-state index in [2.05, 4.69) is 28.4 Å². The fourth-order valence-corrected chi connectivity index (χ4v) is 4.59. The maximum absolute atomic E-state index is 11.8. The minimum Gasteiger partial charge on any atom is -0.384 e. The number of para-hydroxylation sites is 1. The van der Waals surface area contributed by atoms with Crippen molar-refractivity contribution >= 4 is 15.5 Å². The van der Waals surface area contributed by atoms with Crippen LogP contribution in [-0.2, 0) is 35.6 Å². The third-order valence-corrected chi connectivity index (χ3v) is 6.44. The maximum Gasteiger partial charge on any atom is 0.175 e. The van der Waals surface area contributed by atoms with E-state index in [-0.39, 0.29) is 0 Å². The molecule has 1 N–H and O–H groups in total. The molecule has 25 heavy (non-hydrogen) atoms. The zero-order chi connectivity index (χ0) is 17.4. The van der Waals surface area contributed by atoms with Crippen molar-refractivity contribution in [3.8, 4) is 0 Å². The van der Waals surface area contributed by atoms with Gasteiger partial charge in [0.2, 0.25) is 0 Å². The number of anilines is 1. The molecule has 0 saturated heterocycles. The van der Waals surface area contributed by atoms with Crippen molar-refractivity contribution in [1.82, 2.24) is 4.90 Å². The van der Waals surface area contributed by atoms with Gasteiger partial charge in [-0.3, -0.25) is 4.90 Å². The van der Waals surface area contributed by atoms with E-state index in [1.165, 1.54) is 34.2 Å². The lowest BCUT2D eigenvalue weighted by atomic mass is 10.0. The van der Waals surface area contributed by atoms with Gasteiger partial charge >= 0.3 is 0 Å². The summed E-state index contributed by atoms with van der Waals surface area (Å²) in [6, 6.07) is 12.2. The summed E-state index contributed by atoms with van der Waals surface area (Å²) in [5.41, 5.74) is 6.59. The average molecular weight is 356 g/mol. The highest BCUT2D eigenvalue weighted by Crippen LogP contribution is 2.28. The van der Waals surface area contributed by atoms with E-state index >= 15 is 0 Å². The maximum atomic E-state index is 11.8. The van der Waals surface area contributed by atoms with Gasteiger partial charge in [0.15, 0.2) is 9.84 Å². The molecule has 4 nitrogen and oxygen atoms in total. The largest absolute Gasteiger partial charge is 0.384 e. The molecular weight excluding hydrogens is 332 g/mol. The number of rotatable bonds is 3. The molecule has 0 aliphatic carbocycles. The molecule has 0 bridgehead atoms. The number of nitrogens with one attached hydrogen (secondary N) is 1. The molecule has 0 atom stereocenters. The molecule has 2 aromatic rings. The first-order chi connectivity index (χ1) is 12.0. The first kappa shape index (κ1) is 16.6. The third-order valence-electron chi connectivity index (χ3n) is 5.33. The Labute approximate surface area is 149 Å². The van der Waals surface area contributed by atoms with Crippen LogP contribution in [0.3, 0.4) is 0 Å². The first-order valence-corrected chi connectivity index (χ1v) is 10.8. The summed E-state index contributed by atoms with van der Waals surface area (Å²) < 4.78 is 23.6. The number of fused-ring (bicyclic) bond motifs is 2. The van der Waals surface area contributed by atoms with Crippen molar-refractivity contribution in [2.45, 2.75) is 30.7 Å². The quantitative estimate of drug-likeness (QED) is 0.919. The van der Waals surface area contributed by atoms with E-state index in [1.807, 2.05) is 12.1 Å². The van der Waals surface area contributed by atoms with Gasteiger partial charge in [0.1, 0.15) is 0 Å². The van der Waals surface area contributed by atoms with E-state index in [1.54, 1.807) is 6.07 Å². The van der Waals surface area contributed by atoms with Crippen molar-refractivity contribution in [2.75, 3.05) is 31.2 Å².